The van der Waals surface area contributed by atoms with Gasteiger partial charge >= 0.3 is 0 Å². The van der Waals surface area contributed by atoms with Crippen molar-refractivity contribution in [2.24, 2.45) is 7.05 Å². The van der Waals surface area contributed by atoms with Crippen LogP contribution in [0.5, 0.6) is 0 Å². The molecule has 1 aromatic carbocycles. The van der Waals surface area contributed by atoms with E-state index in [4.69, 9.17) is 5.11 Å². The van der Waals surface area contributed by atoms with Gasteiger partial charge in [-0.1, -0.05) is 11.8 Å². The van der Waals surface area contributed by atoms with Crippen LogP contribution in [0.15, 0.2) is 30.6 Å². The molecule has 6 heteroatoms. The Morgan fingerprint density at radius 3 is 2.76 bits per heavy atom. The number of aliphatic hydroxyl groups is 1. The number of aromatic nitrogens is 3. The van der Waals surface area contributed by atoms with Crippen LogP contribution in [-0.2, 0) is 13.5 Å². The SMILES string of the molecule is Cn1cnnc1CCNC(=O)c1ccc(C#CCO)cc1. The third kappa shape index (κ3) is 4.16. The molecule has 0 bridgehead atoms. The number of aryl methyl sites for hydroxylation is 1. The fourth-order valence-electron chi connectivity index (χ4n) is 1.77. The quantitative estimate of drug-likeness (QED) is 0.782. The maximum Gasteiger partial charge on any atom is 0.251 e. The van der Waals surface area contributed by atoms with E-state index >= 15 is 0 Å². The zero-order valence-corrected chi connectivity index (χ0v) is 11.7. The van der Waals surface area contributed by atoms with Crippen LogP contribution in [0, 0.1) is 11.8 Å². The second-order valence-electron chi connectivity index (χ2n) is 4.40. The van der Waals surface area contributed by atoms with Gasteiger partial charge in [-0.3, -0.25) is 4.79 Å². The average Bonchev–Trinajstić information content (AvgIpc) is 2.91. The van der Waals surface area contributed by atoms with Gasteiger partial charge in [0.2, 0.25) is 0 Å². The highest BCUT2D eigenvalue weighted by atomic mass is 16.2. The summed E-state index contributed by atoms with van der Waals surface area (Å²) in [6, 6.07) is 6.92. The van der Waals surface area contributed by atoms with Crippen LogP contribution in [0.1, 0.15) is 21.7 Å². The van der Waals surface area contributed by atoms with Crippen LogP contribution < -0.4 is 5.32 Å². The average molecular weight is 284 g/mol. The first-order chi connectivity index (χ1) is 10.2. The molecule has 1 heterocycles. The van der Waals surface area contributed by atoms with Gasteiger partial charge in [-0.15, -0.1) is 10.2 Å². The summed E-state index contributed by atoms with van der Waals surface area (Å²) in [7, 11) is 1.86. The van der Waals surface area contributed by atoms with Crippen molar-refractivity contribution in [3.63, 3.8) is 0 Å². The van der Waals surface area contributed by atoms with E-state index in [9.17, 15) is 4.79 Å². The van der Waals surface area contributed by atoms with E-state index in [0.717, 1.165) is 11.4 Å². The summed E-state index contributed by atoms with van der Waals surface area (Å²) >= 11 is 0. The lowest BCUT2D eigenvalue weighted by atomic mass is 10.1. The number of hydrogen-bond donors (Lipinski definition) is 2. The molecule has 0 aliphatic carbocycles. The van der Waals surface area contributed by atoms with Gasteiger partial charge in [0.25, 0.3) is 5.91 Å². The van der Waals surface area contributed by atoms with E-state index < -0.39 is 0 Å². The lowest BCUT2D eigenvalue weighted by Crippen LogP contribution is -2.26. The number of benzene rings is 1. The monoisotopic (exact) mass is 284 g/mol. The van der Waals surface area contributed by atoms with E-state index in [0.29, 0.717) is 18.5 Å². The predicted octanol–water partition coefficient (Wildman–Crippen LogP) is 0.131. The normalized spacial score (nSPS) is 9.81. The lowest BCUT2D eigenvalue weighted by molar-refractivity contribution is 0.0954. The Bertz CT molecular complexity index is 665. The molecular weight excluding hydrogens is 268 g/mol. The summed E-state index contributed by atoms with van der Waals surface area (Å²) < 4.78 is 1.82. The number of carbonyl (C=O) groups is 1. The van der Waals surface area contributed by atoms with Crippen LogP contribution >= 0.6 is 0 Å². The van der Waals surface area contributed by atoms with Gasteiger partial charge in [-0.05, 0) is 24.3 Å². The Balaban J connectivity index is 1.87. The van der Waals surface area contributed by atoms with Crippen LogP contribution in [-0.4, -0.2) is 38.9 Å². The Labute approximate surface area is 122 Å². The number of nitrogens with zero attached hydrogens (tertiary/aromatic N) is 3. The molecule has 1 aromatic heterocycles. The van der Waals surface area contributed by atoms with Crippen molar-refractivity contribution in [3.8, 4) is 11.8 Å². The van der Waals surface area contributed by atoms with Crippen LogP contribution in [0.3, 0.4) is 0 Å². The molecular formula is C15H16N4O2. The van der Waals surface area contributed by atoms with E-state index in [2.05, 4.69) is 27.4 Å². The molecule has 0 aliphatic rings. The highest BCUT2D eigenvalue weighted by molar-refractivity contribution is 5.94. The molecule has 0 spiro atoms. The fraction of sp³-hybridized carbons (Fsp3) is 0.267. The minimum Gasteiger partial charge on any atom is -0.384 e. The molecule has 21 heavy (non-hydrogen) atoms. The Morgan fingerprint density at radius 2 is 2.14 bits per heavy atom. The molecule has 2 N–H and O–H groups in total. The first-order valence-corrected chi connectivity index (χ1v) is 6.51. The van der Waals surface area contributed by atoms with Crippen LogP contribution in [0.4, 0.5) is 0 Å². The van der Waals surface area contributed by atoms with E-state index in [-0.39, 0.29) is 12.5 Å². The molecule has 0 aliphatic heterocycles. The molecule has 6 nitrogen and oxygen atoms in total. The Hall–Kier alpha value is -2.65. The van der Waals surface area contributed by atoms with Gasteiger partial charge in [-0.2, -0.15) is 0 Å². The molecule has 108 valence electrons. The Morgan fingerprint density at radius 1 is 1.38 bits per heavy atom. The number of amides is 1. The fourth-order valence-corrected chi connectivity index (χ4v) is 1.77. The summed E-state index contributed by atoms with van der Waals surface area (Å²) in [5.41, 5.74) is 1.34. The van der Waals surface area contributed by atoms with Gasteiger partial charge in [0, 0.05) is 31.1 Å². The first kappa shape index (κ1) is 14.8. The lowest BCUT2D eigenvalue weighted by Gasteiger charge is -2.05. The minimum absolute atomic E-state index is 0.140. The van der Waals surface area contributed by atoms with Crippen molar-refractivity contribution >= 4 is 5.91 Å². The topological polar surface area (TPSA) is 80.0 Å². The molecule has 2 rings (SSSR count). The summed E-state index contributed by atoms with van der Waals surface area (Å²) in [4.78, 5) is 12.0. The van der Waals surface area contributed by atoms with Crippen molar-refractivity contribution in [1.29, 1.82) is 0 Å². The second-order valence-corrected chi connectivity index (χ2v) is 4.40. The van der Waals surface area contributed by atoms with Gasteiger partial charge in [0.15, 0.2) is 0 Å². The molecule has 0 saturated carbocycles. The number of nitrogens with one attached hydrogen (secondary N) is 1. The standard InChI is InChI=1S/C15H16N4O2/c1-19-11-17-18-14(19)8-9-16-15(21)13-6-4-12(5-7-13)3-2-10-20/h4-7,11,20H,8-10H2,1H3,(H,16,21). The smallest absolute Gasteiger partial charge is 0.251 e. The molecule has 0 saturated heterocycles. The van der Waals surface area contributed by atoms with Gasteiger partial charge in [0.1, 0.15) is 18.8 Å². The van der Waals surface area contributed by atoms with Gasteiger partial charge in [0.05, 0.1) is 0 Å². The second kappa shape index (κ2) is 7.22. The number of hydrogen-bond acceptors (Lipinski definition) is 4. The molecule has 0 atom stereocenters. The Kier molecular flexibility index (Phi) is 5.07. The van der Waals surface area contributed by atoms with Gasteiger partial charge < -0.3 is 15.0 Å². The minimum atomic E-state index is -0.176. The maximum absolute atomic E-state index is 12.0. The first-order valence-electron chi connectivity index (χ1n) is 6.51. The van der Waals surface area contributed by atoms with Crippen molar-refractivity contribution in [2.45, 2.75) is 6.42 Å². The maximum atomic E-state index is 12.0. The van der Waals surface area contributed by atoms with E-state index in [1.807, 2.05) is 11.6 Å². The number of rotatable bonds is 4. The van der Waals surface area contributed by atoms with Crippen molar-refractivity contribution < 1.29 is 9.90 Å². The summed E-state index contributed by atoms with van der Waals surface area (Å²) in [6.45, 7) is 0.321. The molecule has 0 radical (unpaired) electrons. The number of carbonyl (C=O) groups excluding carboxylic acids is 1. The van der Waals surface area contributed by atoms with E-state index in [1.54, 1.807) is 30.6 Å². The largest absolute Gasteiger partial charge is 0.384 e. The molecule has 1 amide bonds. The molecule has 0 unspecified atom stereocenters. The predicted molar refractivity (Wildman–Crippen MR) is 77.4 cm³/mol. The molecule has 2 aromatic rings. The van der Waals surface area contributed by atoms with Crippen molar-refractivity contribution in [3.05, 3.63) is 47.5 Å². The highest BCUT2D eigenvalue weighted by Gasteiger charge is 2.06. The highest BCUT2D eigenvalue weighted by Crippen LogP contribution is 2.03. The third-order valence-electron chi connectivity index (χ3n) is 2.90. The van der Waals surface area contributed by atoms with Crippen LogP contribution in [0.2, 0.25) is 0 Å². The summed E-state index contributed by atoms with van der Waals surface area (Å²) in [6.07, 6.45) is 2.26. The summed E-state index contributed by atoms with van der Waals surface area (Å²) in [5, 5.41) is 19.2. The molecule has 0 fully saturated rings. The van der Waals surface area contributed by atoms with Crippen molar-refractivity contribution in [1.82, 2.24) is 20.1 Å². The van der Waals surface area contributed by atoms with Crippen LogP contribution in [0.25, 0.3) is 0 Å². The van der Waals surface area contributed by atoms with Gasteiger partial charge in [-0.25, -0.2) is 0 Å². The zero-order chi connectivity index (χ0) is 15.1. The van der Waals surface area contributed by atoms with E-state index in [1.165, 1.54) is 0 Å². The number of aliphatic hydroxyl groups excluding tert-OH is 1. The van der Waals surface area contributed by atoms with Crippen molar-refractivity contribution in [2.75, 3.05) is 13.2 Å². The third-order valence-corrected chi connectivity index (χ3v) is 2.90. The zero-order valence-electron chi connectivity index (χ0n) is 11.7. The summed E-state index contributed by atoms with van der Waals surface area (Å²) in [5.74, 6) is 6.02.